The summed E-state index contributed by atoms with van der Waals surface area (Å²) in [7, 11) is 0. The van der Waals surface area contributed by atoms with Gasteiger partial charge in [-0.05, 0) is 46.1 Å². The second-order valence-corrected chi connectivity index (χ2v) is 6.67. The van der Waals surface area contributed by atoms with Crippen LogP contribution >= 0.6 is 0 Å². The molecule has 8 heteroatoms. The van der Waals surface area contributed by atoms with Gasteiger partial charge in [-0.3, -0.25) is 14.9 Å². The minimum Gasteiger partial charge on any atom is -0.448 e. The van der Waals surface area contributed by atoms with E-state index in [1.165, 1.54) is 13.8 Å². The first kappa shape index (κ1) is 19.7. The molecule has 0 unspecified atom stereocenters. The van der Waals surface area contributed by atoms with E-state index in [1.54, 1.807) is 13.8 Å². The van der Waals surface area contributed by atoms with Crippen LogP contribution in [0, 0.1) is 13.8 Å². The van der Waals surface area contributed by atoms with Gasteiger partial charge in [-0.1, -0.05) is 12.8 Å². The molecule has 0 aromatic carbocycles. The van der Waals surface area contributed by atoms with Crippen LogP contribution in [0.25, 0.3) is 0 Å². The zero-order chi connectivity index (χ0) is 19.4. The minimum atomic E-state index is -1.15. The molecule has 0 spiro atoms. The molecule has 3 amide bonds. The van der Waals surface area contributed by atoms with E-state index in [0.717, 1.165) is 25.7 Å². The zero-order valence-corrected chi connectivity index (χ0v) is 15.5. The van der Waals surface area contributed by atoms with Gasteiger partial charge in [-0.15, -0.1) is 0 Å². The Hall–Kier alpha value is -2.64. The Bertz CT molecular complexity index is 731. The summed E-state index contributed by atoms with van der Waals surface area (Å²) in [5.74, 6) is -1.62. The average molecular weight is 363 g/mol. The van der Waals surface area contributed by atoms with Crippen molar-refractivity contribution in [1.29, 1.82) is 0 Å². The third kappa shape index (κ3) is 4.50. The van der Waals surface area contributed by atoms with Gasteiger partial charge in [0.1, 0.15) is 5.69 Å². The van der Waals surface area contributed by atoms with Crippen molar-refractivity contribution in [2.45, 2.75) is 65.5 Å². The number of H-pyrrole nitrogens is 1. The summed E-state index contributed by atoms with van der Waals surface area (Å²) in [5, 5.41) is 4.91. The van der Waals surface area contributed by atoms with E-state index in [0.29, 0.717) is 16.8 Å². The number of ketones is 1. The number of Topliss-reactive ketones (excluding diaryl/α,β-unsaturated/α-hetero) is 1. The molecule has 26 heavy (non-hydrogen) atoms. The second kappa shape index (κ2) is 8.16. The number of nitrogens with one attached hydrogen (secondary N) is 3. The molecule has 8 nitrogen and oxygen atoms in total. The number of hydrogen-bond donors (Lipinski definition) is 3. The van der Waals surface area contributed by atoms with Gasteiger partial charge < -0.3 is 15.0 Å². The molecule has 1 fully saturated rings. The van der Waals surface area contributed by atoms with Crippen molar-refractivity contribution in [1.82, 2.24) is 15.6 Å². The van der Waals surface area contributed by atoms with Crippen LogP contribution in [0.2, 0.25) is 0 Å². The lowest BCUT2D eigenvalue weighted by Gasteiger charge is -2.15. The van der Waals surface area contributed by atoms with Crippen LogP contribution in [-0.4, -0.2) is 40.8 Å². The fourth-order valence-corrected chi connectivity index (χ4v) is 3.26. The fraction of sp³-hybridized carbons (Fsp3) is 0.556. The van der Waals surface area contributed by atoms with E-state index in [4.69, 9.17) is 4.74 Å². The number of ether oxygens (including phenoxy) is 1. The van der Waals surface area contributed by atoms with Crippen molar-refractivity contribution in [2.24, 2.45) is 0 Å². The lowest BCUT2D eigenvalue weighted by atomic mass is 10.1. The van der Waals surface area contributed by atoms with Crippen LogP contribution in [0.5, 0.6) is 0 Å². The highest BCUT2D eigenvalue weighted by Gasteiger charge is 2.26. The fourth-order valence-electron chi connectivity index (χ4n) is 3.26. The van der Waals surface area contributed by atoms with Gasteiger partial charge in [-0.25, -0.2) is 9.59 Å². The average Bonchev–Trinajstić information content (AvgIpc) is 3.14. The number of aryl methyl sites for hydroxylation is 1. The van der Waals surface area contributed by atoms with Crippen molar-refractivity contribution in [3.8, 4) is 0 Å². The molecule has 1 atom stereocenters. The quantitative estimate of drug-likeness (QED) is 0.547. The Kier molecular flexibility index (Phi) is 6.18. The molecule has 1 aliphatic carbocycles. The summed E-state index contributed by atoms with van der Waals surface area (Å²) >= 11 is 0. The summed E-state index contributed by atoms with van der Waals surface area (Å²) in [6.07, 6.45) is 2.76. The van der Waals surface area contributed by atoms with Gasteiger partial charge in [-0.2, -0.15) is 0 Å². The van der Waals surface area contributed by atoms with Crippen LogP contribution in [0.15, 0.2) is 0 Å². The number of aromatic nitrogens is 1. The van der Waals surface area contributed by atoms with Gasteiger partial charge in [0.15, 0.2) is 11.9 Å². The van der Waals surface area contributed by atoms with Crippen molar-refractivity contribution in [2.75, 3.05) is 0 Å². The Balaban J connectivity index is 1.93. The molecule has 142 valence electrons. The maximum Gasteiger partial charge on any atom is 0.355 e. The van der Waals surface area contributed by atoms with E-state index < -0.39 is 24.0 Å². The number of urea groups is 1. The summed E-state index contributed by atoms with van der Waals surface area (Å²) in [5.41, 5.74) is 1.61. The molecule has 1 aromatic rings. The Morgan fingerprint density at radius 1 is 1.15 bits per heavy atom. The largest absolute Gasteiger partial charge is 0.448 e. The predicted molar refractivity (Wildman–Crippen MR) is 94.1 cm³/mol. The van der Waals surface area contributed by atoms with Crippen molar-refractivity contribution in [3.63, 3.8) is 0 Å². The topological polar surface area (TPSA) is 117 Å². The Morgan fingerprint density at radius 2 is 1.77 bits per heavy atom. The number of aromatic amines is 1. The lowest BCUT2D eigenvalue weighted by molar-refractivity contribution is -0.127. The maximum atomic E-state index is 12.3. The smallest absolute Gasteiger partial charge is 0.355 e. The Labute approximate surface area is 152 Å². The lowest BCUT2D eigenvalue weighted by Crippen LogP contribution is -2.47. The van der Waals surface area contributed by atoms with Gasteiger partial charge in [0.25, 0.3) is 5.91 Å². The number of hydrogen-bond acceptors (Lipinski definition) is 5. The third-order valence-corrected chi connectivity index (χ3v) is 4.57. The summed E-state index contributed by atoms with van der Waals surface area (Å²) in [6, 6.07) is -0.509. The van der Waals surface area contributed by atoms with Gasteiger partial charge in [0, 0.05) is 17.3 Å². The van der Waals surface area contributed by atoms with Crippen LogP contribution < -0.4 is 10.6 Å². The van der Waals surface area contributed by atoms with Crippen LogP contribution in [-0.2, 0) is 9.53 Å². The van der Waals surface area contributed by atoms with Crippen LogP contribution in [0.3, 0.4) is 0 Å². The molecule has 1 saturated carbocycles. The molecule has 0 radical (unpaired) electrons. The molecule has 1 heterocycles. The summed E-state index contributed by atoms with van der Waals surface area (Å²) < 4.78 is 5.12. The van der Waals surface area contributed by atoms with E-state index >= 15 is 0 Å². The molecule has 0 bridgehead atoms. The van der Waals surface area contributed by atoms with E-state index in [-0.39, 0.29) is 17.5 Å². The highest BCUT2D eigenvalue weighted by atomic mass is 16.5. The van der Waals surface area contributed by atoms with Gasteiger partial charge in [0.05, 0.1) is 0 Å². The van der Waals surface area contributed by atoms with Gasteiger partial charge in [0.2, 0.25) is 0 Å². The van der Waals surface area contributed by atoms with Crippen molar-refractivity contribution in [3.05, 3.63) is 22.5 Å². The van der Waals surface area contributed by atoms with Crippen molar-refractivity contribution >= 4 is 23.7 Å². The van der Waals surface area contributed by atoms with Crippen molar-refractivity contribution < 1.29 is 23.9 Å². The standard InChI is InChI=1S/C18H25N3O5/c1-9-14(11(3)22)10(2)19-15(9)17(24)26-12(4)16(23)21-18(25)20-13-7-5-6-8-13/h12-13,19H,5-8H2,1-4H3,(H2,20,21,23,25)/t12-/m0/s1. The molecule has 1 aliphatic rings. The van der Waals surface area contributed by atoms with Crippen LogP contribution in [0.1, 0.15) is 71.6 Å². The van der Waals surface area contributed by atoms with Crippen LogP contribution in [0.4, 0.5) is 4.79 Å². The van der Waals surface area contributed by atoms with Gasteiger partial charge >= 0.3 is 12.0 Å². The molecule has 3 N–H and O–H groups in total. The number of esters is 1. The highest BCUT2D eigenvalue weighted by Crippen LogP contribution is 2.20. The molecular formula is C18H25N3O5. The number of amides is 3. The number of imide groups is 1. The first-order valence-corrected chi connectivity index (χ1v) is 8.73. The normalized spacial score (nSPS) is 15.4. The second-order valence-electron chi connectivity index (χ2n) is 6.67. The molecule has 1 aromatic heterocycles. The number of carbonyl (C=O) groups excluding carboxylic acids is 4. The first-order chi connectivity index (χ1) is 12.2. The minimum absolute atomic E-state index is 0.0789. The number of carbonyl (C=O) groups is 4. The molecule has 0 saturated heterocycles. The predicted octanol–water partition coefficient (Wildman–Crippen LogP) is 2.15. The molecule has 0 aliphatic heterocycles. The molecular weight excluding hydrogens is 338 g/mol. The SMILES string of the molecule is CC(=O)c1c(C)[nH]c(C(=O)O[C@@H](C)C(=O)NC(=O)NC2CCCC2)c1C. The number of rotatable bonds is 5. The van der Waals surface area contributed by atoms with E-state index in [1.807, 2.05) is 0 Å². The zero-order valence-electron chi connectivity index (χ0n) is 15.5. The first-order valence-electron chi connectivity index (χ1n) is 8.73. The summed E-state index contributed by atoms with van der Waals surface area (Å²) in [6.45, 7) is 6.12. The maximum absolute atomic E-state index is 12.3. The monoisotopic (exact) mass is 363 g/mol. The Morgan fingerprint density at radius 3 is 2.31 bits per heavy atom. The third-order valence-electron chi connectivity index (χ3n) is 4.57. The molecule has 2 rings (SSSR count). The van der Waals surface area contributed by atoms with E-state index in [9.17, 15) is 19.2 Å². The van der Waals surface area contributed by atoms with E-state index in [2.05, 4.69) is 15.6 Å². The highest BCUT2D eigenvalue weighted by molar-refractivity contribution is 6.02. The summed E-state index contributed by atoms with van der Waals surface area (Å²) in [4.78, 5) is 50.6.